The molecule has 2 aromatic rings. The molecule has 1 N–H and O–H groups in total. The normalized spacial score (nSPS) is 19.3. The molecule has 8 nitrogen and oxygen atoms in total. The number of imide groups is 1. The van der Waals surface area contributed by atoms with E-state index in [-0.39, 0.29) is 48.3 Å². The van der Waals surface area contributed by atoms with E-state index in [2.05, 4.69) is 5.32 Å². The summed E-state index contributed by atoms with van der Waals surface area (Å²) in [5.41, 5.74) is 0.897. The summed E-state index contributed by atoms with van der Waals surface area (Å²) >= 11 is 0.729. The van der Waals surface area contributed by atoms with E-state index in [1.54, 1.807) is 42.3 Å². The molecule has 4 amide bonds. The zero-order valence-electron chi connectivity index (χ0n) is 18.3. The summed E-state index contributed by atoms with van der Waals surface area (Å²) in [5, 5.41) is 2.22. The monoisotopic (exact) mass is 483 g/mol. The van der Waals surface area contributed by atoms with Crippen molar-refractivity contribution in [1.29, 1.82) is 0 Å². The number of thioether (sulfide) groups is 1. The van der Waals surface area contributed by atoms with Gasteiger partial charge in [-0.05, 0) is 48.2 Å². The number of hydrogen-bond donors (Lipinski definition) is 1. The molecule has 0 bridgehead atoms. The second kappa shape index (κ2) is 10.1. The molecule has 176 valence electrons. The van der Waals surface area contributed by atoms with Gasteiger partial charge in [0.15, 0.2) is 0 Å². The van der Waals surface area contributed by atoms with Crippen molar-refractivity contribution in [2.45, 2.75) is 6.42 Å². The summed E-state index contributed by atoms with van der Waals surface area (Å²) in [6, 6.07) is 13.0. The van der Waals surface area contributed by atoms with Crippen LogP contribution in [0.4, 0.5) is 14.9 Å². The predicted molar refractivity (Wildman–Crippen MR) is 126 cm³/mol. The highest BCUT2D eigenvalue weighted by Crippen LogP contribution is 2.32. The lowest BCUT2D eigenvalue weighted by Crippen LogP contribution is -2.40. The van der Waals surface area contributed by atoms with E-state index < -0.39 is 22.9 Å². The first-order valence-corrected chi connectivity index (χ1v) is 11.4. The number of benzene rings is 2. The lowest BCUT2D eigenvalue weighted by Gasteiger charge is -2.17. The number of nitrogens with zero attached hydrogens (tertiary/aromatic N) is 2. The van der Waals surface area contributed by atoms with Crippen LogP contribution in [0.3, 0.4) is 0 Å². The van der Waals surface area contributed by atoms with E-state index in [0.29, 0.717) is 11.4 Å². The maximum atomic E-state index is 13.9. The average molecular weight is 484 g/mol. The van der Waals surface area contributed by atoms with Crippen molar-refractivity contribution in [3.63, 3.8) is 0 Å². The summed E-state index contributed by atoms with van der Waals surface area (Å²) in [6.45, 7) is 0.273. The van der Waals surface area contributed by atoms with Gasteiger partial charge in [-0.2, -0.15) is 0 Å². The first kappa shape index (κ1) is 23.5. The van der Waals surface area contributed by atoms with Crippen molar-refractivity contribution < 1.29 is 28.3 Å². The molecular weight excluding hydrogens is 461 g/mol. The minimum atomic E-state index is -0.537. The minimum absolute atomic E-state index is 0.0200. The van der Waals surface area contributed by atoms with Gasteiger partial charge in [0.05, 0.1) is 17.9 Å². The molecule has 0 aromatic heterocycles. The van der Waals surface area contributed by atoms with E-state index in [0.717, 1.165) is 16.7 Å². The Bertz CT molecular complexity index is 1170. The van der Waals surface area contributed by atoms with Gasteiger partial charge in [-0.3, -0.25) is 24.1 Å². The number of anilines is 1. The van der Waals surface area contributed by atoms with Gasteiger partial charge in [-0.15, -0.1) is 0 Å². The molecule has 2 fully saturated rings. The zero-order chi connectivity index (χ0) is 24.2. The van der Waals surface area contributed by atoms with Crippen LogP contribution in [-0.2, 0) is 14.4 Å². The Kier molecular flexibility index (Phi) is 6.97. The van der Waals surface area contributed by atoms with E-state index in [1.165, 1.54) is 24.3 Å². The summed E-state index contributed by atoms with van der Waals surface area (Å²) in [5.74, 6) is -1.37. The zero-order valence-corrected chi connectivity index (χ0v) is 19.1. The molecule has 0 saturated carbocycles. The Morgan fingerprint density at radius 2 is 1.91 bits per heavy atom. The summed E-state index contributed by atoms with van der Waals surface area (Å²) in [7, 11) is 1.55. The fourth-order valence-corrected chi connectivity index (χ4v) is 4.61. The van der Waals surface area contributed by atoms with Crippen molar-refractivity contribution in [3.05, 3.63) is 64.8 Å². The molecule has 2 aliphatic rings. The third-order valence-electron chi connectivity index (χ3n) is 5.58. The molecule has 34 heavy (non-hydrogen) atoms. The Labute approximate surface area is 199 Å². The summed E-state index contributed by atoms with van der Waals surface area (Å²) < 4.78 is 19.0. The number of halogens is 1. The number of ether oxygens (including phenoxy) is 1. The molecular formula is C24H22FN3O5S. The number of carbonyl (C=O) groups is 4. The number of nitrogens with one attached hydrogen (secondary N) is 1. The SMILES string of the molecule is COc1ccc(N2CC(C(=O)NCCN3C(=O)S/C(=C\c4ccccc4F)C3=O)CC2=O)cc1. The van der Waals surface area contributed by atoms with Crippen LogP contribution in [0.1, 0.15) is 12.0 Å². The first-order valence-electron chi connectivity index (χ1n) is 10.6. The van der Waals surface area contributed by atoms with Gasteiger partial charge >= 0.3 is 0 Å². The van der Waals surface area contributed by atoms with Crippen LogP contribution in [0, 0.1) is 11.7 Å². The van der Waals surface area contributed by atoms with Gasteiger partial charge in [0, 0.05) is 37.3 Å². The second-order valence-corrected chi connectivity index (χ2v) is 8.74. The van der Waals surface area contributed by atoms with Crippen LogP contribution in [0.2, 0.25) is 0 Å². The molecule has 2 saturated heterocycles. The van der Waals surface area contributed by atoms with Gasteiger partial charge in [-0.25, -0.2) is 4.39 Å². The molecule has 2 heterocycles. The molecule has 2 aromatic carbocycles. The quantitative estimate of drug-likeness (QED) is 0.609. The first-order chi connectivity index (χ1) is 16.4. The van der Waals surface area contributed by atoms with Crippen molar-refractivity contribution >= 4 is 46.5 Å². The number of rotatable bonds is 7. The number of methoxy groups -OCH3 is 1. The lowest BCUT2D eigenvalue weighted by molar-refractivity contribution is -0.127. The summed E-state index contributed by atoms with van der Waals surface area (Å²) in [4.78, 5) is 52.5. The fourth-order valence-electron chi connectivity index (χ4n) is 3.76. The topological polar surface area (TPSA) is 96.0 Å². The third kappa shape index (κ3) is 4.96. The van der Waals surface area contributed by atoms with Crippen molar-refractivity contribution in [1.82, 2.24) is 10.2 Å². The Morgan fingerprint density at radius 3 is 2.62 bits per heavy atom. The highest BCUT2D eigenvalue weighted by molar-refractivity contribution is 8.18. The lowest BCUT2D eigenvalue weighted by atomic mass is 10.1. The van der Waals surface area contributed by atoms with Crippen LogP contribution in [0.15, 0.2) is 53.4 Å². The average Bonchev–Trinajstić information content (AvgIpc) is 3.35. The van der Waals surface area contributed by atoms with Crippen molar-refractivity contribution in [3.8, 4) is 5.75 Å². The Morgan fingerprint density at radius 1 is 1.18 bits per heavy atom. The van der Waals surface area contributed by atoms with Crippen molar-refractivity contribution in [2.24, 2.45) is 5.92 Å². The van der Waals surface area contributed by atoms with E-state index in [1.807, 2.05) is 0 Å². The number of amides is 4. The van der Waals surface area contributed by atoms with E-state index >= 15 is 0 Å². The Balaban J connectivity index is 1.30. The third-order valence-corrected chi connectivity index (χ3v) is 6.49. The van der Waals surface area contributed by atoms with Crippen molar-refractivity contribution in [2.75, 3.05) is 31.6 Å². The molecule has 4 rings (SSSR count). The van der Waals surface area contributed by atoms with Gasteiger partial charge in [0.1, 0.15) is 11.6 Å². The van der Waals surface area contributed by atoms with Gasteiger partial charge in [-0.1, -0.05) is 18.2 Å². The predicted octanol–water partition coefficient (Wildman–Crippen LogP) is 3.04. The van der Waals surface area contributed by atoms with Gasteiger partial charge < -0.3 is 15.0 Å². The highest BCUT2D eigenvalue weighted by atomic mass is 32.2. The number of carbonyl (C=O) groups excluding carboxylic acids is 4. The minimum Gasteiger partial charge on any atom is -0.497 e. The molecule has 0 radical (unpaired) electrons. The van der Waals surface area contributed by atoms with Crippen LogP contribution in [0.5, 0.6) is 5.75 Å². The van der Waals surface area contributed by atoms with Crippen LogP contribution in [-0.4, -0.2) is 54.6 Å². The van der Waals surface area contributed by atoms with Crippen LogP contribution in [0.25, 0.3) is 6.08 Å². The highest BCUT2D eigenvalue weighted by Gasteiger charge is 2.37. The summed E-state index contributed by atoms with van der Waals surface area (Å²) in [6.07, 6.45) is 1.42. The van der Waals surface area contributed by atoms with E-state index in [9.17, 15) is 23.6 Å². The Hall–Kier alpha value is -3.66. The molecule has 0 spiro atoms. The van der Waals surface area contributed by atoms with Gasteiger partial charge in [0.2, 0.25) is 11.8 Å². The maximum Gasteiger partial charge on any atom is 0.293 e. The second-order valence-electron chi connectivity index (χ2n) is 7.75. The smallest absolute Gasteiger partial charge is 0.293 e. The van der Waals surface area contributed by atoms with E-state index in [4.69, 9.17) is 4.74 Å². The number of hydrogen-bond acceptors (Lipinski definition) is 6. The molecule has 1 atom stereocenters. The fraction of sp³-hybridized carbons (Fsp3) is 0.250. The van der Waals surface area contributed by atoms with Crippen LogP contribution < -0.4 is 15.0 Å². The standard InChI is InChI=1S/C24H22FN3O5S/c1-33-18-8-6-17(7-9-18)28-14-16(13-21(28)29)22(30)26-10-11-27-23(31)20(34-24(27)32)12-15-4-2-3-5-19(15)25/h2-9,12,16H,10-11,13-14H2,1H3,(H,26,30)/b20-12-. The maximum absolute atomic E-state index is 13.9. The molecule has 2 aliphatic heterocycles. The molecule has 1 unspecified atom stereocenters. The van der Waals surface area contributed by atoms with Gasteiger partial charge in [0.25, 0.3) is 11.1 Å². The van der Waals surface area contributed by atoms with Crippen LogP contribution >= 0.6 is 11.8 Å². The molecule has 10 heteroatoms. The molecule has 0 aliphatic carbocycles. The largest absolute Gasteiger partial charge is 0.497 e.